The van der Waals surface area contributed by atoms with Gasteiger partial charge in [0.25, 0.3) is 0 Å². The highest BCUT2D eigenvalue weighted by atomic mass is 35.5. The first-order valence-electron chi connectivity index (χ1n) is 13.5. The van der Waals surface area contributed by atoms with E-state index in [1.807, 2.05) is 103 Å². The Morgan fingerprint density at radius 1 is 0.533 bits per heavy atom. The van der Waals surface area contributed by atoms with Gasteiger partial charge in [-0.15, -0.1) is 23.5 Å². The van der Waals surface area contributed by atoms with Crippen molar-refractivity contribution in [1.82, 2.24) is 19.9 Å². The normalized spacial score (nSPS) is 10.2. The molecule has 0 aliphatic heterocycles. The standard InChI is InChI=1S/C17H14ClN3S.C10H6Cl2N2.C7H9NS/c1-22-14-9-7-13(8-10-14)19-16-11-15(18)20-17(21-16)12-5-3-2-4-6-12;11-8-6-9(12)14-10(13-8)7-4-2-1-3-5-7;1-9-7-4-2-6(8)3-5-7/h2-11H,1H3,(H,19,20,21);1-6H;2-5H,8H2,1H3. The first kappa shape index (κ1) is 34.1. The Bertz CT molecular complexity index is 1760. The summed E-state index contributed by atoms with van der Waals surface area (Å²) in [6.07, 6.45) is 4.10. The van der Waals surface area contributed by atoms with Crippen molar-refractivity contribution in [3.63, 3.8) is 0 Å². The lowest BCUT2D eigenvalue weighted by Crippen LogP contribution is -1.97. The van der Waals surface area contributed by atoms with Crippen LogP contribution in [-0.2, 0) is 0 Å². The first-order chi connectivity index (χ1) is 21.8. The van der Waals surface area contributed by atoms with Crippen LogP contribution in [0.1, 0.15) is 0 Å². The third kappa shape index (κ3) is 11.3. The summed E-state index contributed by atoms with van der Waals surface area (Å²) in [5.41, 5.74) is 9.10. The van der Waals surface area contributed by atoms with Crippen molar-refractivity contribution in [3.05, 3.63) is 137 Å². The summed E-state index contributed by atoms with van der Waals surface area (Å²) in [4.78, 5) is 19.4. The number of hydrogen-bond donors (Lipinski definition) is 2. The number of nitrogens with two attached hydrogens (primary N) is 1. The van der Waals surface area contributed by atoms with Crippen molar-refractivity contribution >= 4 is 75.5 Å². The Morgan fingerprint density at radius 3 is 1.42 bits per heavy atom. The van der Waals surface area contributed by atoms with E-state index in [2.05, 4.69) is 43.6 Å². The van der Waals surface area contributed by atoms with Crippen LogP contribution < -0.4 is 11.1 Å². The van der Waals surface area contributed by atoms with Gasteiger partial charge in [0.15, 0.2) is 11.6 Å². The lowest BCUT2D eigenvalue weighted by atomic mass is 10.2. The number of benzene rings is 4. The second kappa shape index (κ2) is 17.6. The van der Waals surface area contributed by atoms with Crippen LogP contribution in [0.25, 0.3) is 22.8 Å². The third-order valence-corrected chi connectivity index (χ3v) is 7.97. The Hall–Kier alpha value is -3.79. The summed E-state index contributed by atoms with van der Waals surface area (Å²) >= 11 is 21.1. The fraction of sp³-hybridized carbons (Fsp3) is 0.0588. The van der Waals surface area contributed by atoms with Crippen molar-refractivity contribution < 1.29 is 0 Å². The number of halogens is 3. The van der Waals surface area contributed by atoms with Gasteiger partial charge in [-0.25, -0.2) is 19.9 Å². The minimum absolute atomic E-state index is 0.351. The van der Waals surface area contributed by atoms with Crippen molar-refractivity contribution in [2.24, 2.45) is 0 Å². The molecule has 2 heterocycles. The predicted octanol–water partition coefficient (Wildman–Crippen LogP) is 10.7. The highest BCUT2D eigenvalue weighted by molar-refractivity contribution is 7.98. The molecule has 0 atom stereocenters. The number of thioether (sulfide) groups is 2. The predicted molar refractivity (Wildman–Crippen MR) is 194 cm³/mol. The van der Waals surface area contributed by atoms with E-state index >= 15 is 0 Å². The molecule has 6 rings (SSSR count). The molecule has 0 spiro atoms. The highest BCUT2D eigenvalue weighted by Crippen LogP contribution is 2.24. The highest BCUT2D eigenvalue weighted by Gasteiger charge is 2.06. The molecule has 6 nitrogen and oxygen atoms in total. The Labute approximate surface area is 286 Å². The maximum Gasteiger partial charge on any atom is 0.163 e. The van der Waals surface area contributed by atoms with E-state index in [-0.39, 0.29) is 0 Å². The van der Waals surface area contributed by atoms with Gasteiger partial charge < -0.3 is 11.1 Å². The fourth-order valence-electron chi connectivity index (χ4n) is 3.73. The van der Waals surface area contributed by atoms with E-state index in [9.17, 15) is 0 Å². The zero-order chi connectivity index (χ0) is 32.0. The van der Waals surface area contributed by atoms with Gasteiger partial charge in [0, 0.05) is 44.4 Å². The van der Waals surface area contributed by atoms with Gasteiger partial charge >= 0.3 is 0 Å². The van der Waals surface area contributed by atoms with Crippen LogP contribution in [-0.4, -0.2) is 32.4 Å². The van der Waals surface area contributed by atoms with Gasteiger partial charge in [0.2, 0.25) is 0 Å². The summed E-state index contributed by atoms with van der Waals surface area (Å²) in [6.45, 7) is 0. The molecular formula is C34H29Cl3N6S2. The van der Waals surface area contributed by atoms with E-state index < -0.39 is 0 Å². The summed E-state index contributed by atoms with van der Waals surface area (Å²) < 4.78 is 0. The van der Waals surface area contributed by atoms with Crippen LogP contribution in [0.15, 0.2) is 131 Å². The number of rotatable bonds is 6. The Balaban J connectivity index is 0.000000171. The lowest BCUT2D eigenvalue weighted by molar-refractivity contribution is 1.17. The van der Waals surface area contributed by atoms with Crippen molar-refractivity contribution in [1.29, 1.82) is 0 Å². The number of nitrogens with one attached hydrogen (secondary N) is 1. The molecule has 2 aromatic heterocycles. The molecule has 0 saturated heterocycles. The first-order valence-corrected chi connectivity index (χ1v) is 17.1. The molecule has 0 aliphatic rings. The zero-order valence-electron chi connectivity index (χ0n) is 24.4. The van der Waals surface area contributed by atoms with E-state index in [4.69, 9.17) is 40.5 Å². The smallest absolute Gasteiger partial charge is 0.163 e. The molecule has 0 aliphatic carbocycles. The molecule has 0 radical (unpaired) electrons. The molecule has 0 amide bonds. The summed E-state index contributed by atoms with van der Waals surface area (Å²) in [5, 5.41) is 4.38. The molecule has 11 heteroatoms. The van der Waals surface area contributed by atoms with Crippen LogP contribution in [0.5, 0.6) is 0 Å². The van der Waals surface area contributed by atoms with E-state index in [1.54, 1.807) is 29.6 Å². The van der Waals surface area contributed by atoms with Gasteiger partial charge in [-0.1, -0.05) is 95.5 Å². The van der Waals surface area contributed by atoms with Gasteiger partial charge in [0.05, 0.1) is 0 Å². The number of aromatic nitrogens is 4. The molecule has 6 aromatic rings. The molecule has 0 bridgehead atoms. The molecule has 228 valence electrons. The van der Waals surface area contributed by atoms with E-state index in [0.29, 0.717) is 32.9 Å². The summed E-state index contributed by atoms with van der Waals surface area (Å²) in [7, 11) is 0. The summed E-state index contributed by atoms with van der Waals surface area (Å²) in [6, 6.07) is 38.6. The minimum Gasteiger partial charge on any atom is -0.399 e. The van der Waals surface area contributed by atoms with Crippen molar-refractivity contribution in [2.75, 3.05) is 23.6 Å². The molecule has 4 aromatic carbocycles. The van der Waals surface area contributed by atoms with Crippen molar-refractivity contribution in [3.8, 4) is 22.8 Å². The van der Waals surface area contributed by atoms with Gasteiger partial charge in [-0.3, -0.25) is 0 Å². The number of nitrogen functional groups attached to an aromatic ring is 1. The maximum absolute atomic E-state index is 6.12. The monoisotopic (exact) mass is 690 g/mol. The molecule has 0 saturated carbocycles. The Morgan fingerprint density at radius 2 is 0.956 bits per heavy atom. The van der Waals surface area contributed by atoms with Gasteiger partial charge in [-0.2, -0.15) is 0 Å². The second-order valence-electron chi connectivity index (χ2n) is 9.10. The van der Waals surface area contributed by atoms with Gasteiger partial charge in [-0.05, 0) is 61.0 Å². The summed E-state index contributed by atoms with van der Waals surface area (Å²) in [5.74, 6) is 1.83. The minimum atomic E-state index is 0.351. The average Bonchev–Trinajstić information content (AvgIpc) is 3.06. The molecule has 0 fully saturated rings. The maximum atomic E-state index is 6.12. The molecule has 3 N–H and O–H groups in total. The van der Waals surface area contributed by atoms with Crippen LogP contribution in [0.4, 0.5) is 17.2 Å². The van der Waals surface area contributed by atoms with Crippen LogP contribution in [0.2, 0.25) is 15.5 Å². The number of anilines is 3. The molecule has 45 heavy (non-hydrogen) atoms. The average molecular weight is 692 g/mol. The van der Waals surface area contributed by atoms with Crippen LogP contribution in [0.3, 0.4) is 0 Å². The number of nitrogens with zero attached hydrogens (tertiary/aromatic N) is 4. The van der Waals surface area contributed by atoms with Crippen molar-refractivity contribution in [2.45, 2.75) is 9.79 Å². The quantitative estimate of drug-likeness (QED) is 0.101. The Kier molecular flexibility index (Phi) is 13.4. The zero-order valence-corrected chi connectivity index (χ0v) is 28.3. The lowest BCUT2D eigenvalue weighted by Gasteiger charge is -2.08. The second-order valence-corrected chi connectivity index (χ2v) is 12.0. The molecule has 0 unspecified atom stereocenters. The SMILES string of the molecule is CSc1ccc(N)cc1.CSc1ccc(Nc2cc(Cl)nc(-c3ccccc3)n2)cc1.Clc1cc(Cl)nc(-c2ccccc2)n1. The molecular weight excluding hydrogens is 663 g/mol. The third-order valence-electron chi connectivity index (χ3n) is 5.90. The van der Waals surface area contributed by atoms with E-state index in [1.165, 1.54) is 15.9 Å². The topological polar surface area (TPSA) is 89.6 Å². The van der Waals surface area contributed by atoms with Crippen LogP contribution >= 0.6 is 58.3 Å². The fourth-order valence-corrected chi connectivity index (χ4v) is 5.15. The number of hydrogen-bond acceptors (Lipinski definition) is 8. The van der Waals surface area contributed by atoms with Crippen LogP contribution in [0, 0.1) is 0 Å². The largest absolute Gasteiger partial charge is 0.399 e. The van der Waals surface area contributed by atoms with E-state index in [0.717, 1.165) is 22.5 Å². The van der Waals surface area contributed by atoms with Gasteiger partial charge in [0.1, 0.15) is 21.3 Å².